The number of rotatable bonds is 6. The standard InChI is InChI=1S/C31H30N6O4/c1-35-11-13-37(14-12-35)18-28(38)36(2)24-8-6-23(7-9-24)33-30(21-4-5-22-19-40-41-27(22)16-21)29-25-10-3-20(17-32)15-26(25)34-31(29)39/h3-10,15-16,33H,11-14,18-19H2,1-2H3,(H,34,39)/b30-29-. The molecule has 2 N–H and O–H groups in total. The lowest BCUT2D eigenvalue weighted by atomic mass is 9.98. The molecule has 0 aromatic heterocycles. The fourth-order valence-electron chi connectivity index (χ4n) is 5.19. The minimum absolute atomic E-state index is 0.0365. The van der Waals surface area contributed by atoms with Crippen LogP contribution in [0.4, 0.5) is 17.1 Å². The molecule has 0 atom stereocenters. The Bertz CT molecular complexity index is 1590. The summed E-state index contributed by atoms with van der Waals surface area (Å²) >= 11 is 0. The molecule has 0 aliphatic carbocycles. The van der Waals surface area contributed by atoms with Gasteiger partial charge in [0.25, 0.3) is 5.91 Å². The highest BCUT2D eigenvalue weighted by atomic mass is 17.2. The van der Waals surface area contributed by atoms with Gasteiger partial charge in [-0.25, -0.2) is 0 Å². The molecule has 3 aromatic carbocycles. The summed E-state index contributed by atoms with van der Waals surface area (Å²) in [5.41, 5.74) is 5.94. The van der Waals surface area contributed by atoms with E-state index in [1.54, 1.807) is 30.1 Å². The summed E-state index contributed by atoms with van der Waals surface area (Å²) in [7, 11) is 3.88. The van der Waals surface area contributed by atoms with E-state index in [9.17, 15) is 14.9 Å². The monoisotopic (exact) mass is 550 g/mol. The SMILES string of the molecule is CN1CCN(CC(=O)N(C)c2ccc(N/C(=C3\C(=O)Nc4cc(C#N)ccc43)c3ccc4c(c3)OOC4)cc2)CC1. The second kappa shape index (κ2) is 11.1. The van der Waals surface area contributed by atoms with Gasteiger partial charge in [0.2, 0.25) is 5.91 Å². The maximum atomic E-state index is 13.3. The van der Waals surface area contributed by atoms with E-state index < -0.39 is 0 Å². The molecule has 41 heavy (non-hydrogen) atoms. The zero-order chi connectivity index (χ0) is 28.5. The van der Waals surface area contributed by atoms with E-state index in [1.165, 1.54) is 0 Å². The number of anilines is 3. The molecule has 1 saturated heterocycles. The summed E-state index contributed by atoms with van der Waals surface area (Å²) in [5, 5.41) is 15.6. The molecule has 0 radical (unpaired) electrons. The van der Waals surface area contributed by atoms with Crippen LogP contribution in [0.25, 0.3) is 11.3 Å². The molecule has 3 aromatic rings. The van der Waals surface area contributed by atoms with Crippen LogP contribution in [0, 0.1) is 11.3 Å². The molecular weight excluding hydrogens is 520 g/mol. The molecule has 0 unspecified atom stereocenters. The Balaban J connectivity index is 1.29. The minimum Gasteiger partial charge on any atom is -0.354 e. The number of hydrogen-bond acceptors (Lipinski definition) is 8. The van der Waals surface area contributed by atoms with Gasteiger partial charge >= 0.3 is 0 Å². The molecular formula is C31H30N6O4. The largest absolute Gasteiger partial charge is 0.354 e. The lowest BCUT2D eigenvalue weighted by Crippen LogP contribution is -2.48. The third kappa shape index (κ3) is 5.38. The summed E-state index contributed by atoms with van der Waals surface area (Å²) in [5.74, 6) is 0.354. The van der Waals surface area contributed by atoms with Crippen molar-refractivity contribution in [3.05, 3.63) is 82.9 Å². The highest BCUT2D eigenvalue weighted by Gasteiger charge is 2.29. The van der Waals surface area contributed by atoms with Crippen molar-refractivity contribution in [3.63, 3.8) is 0 Å². The molecule has 3 aliphatic heterocycles. The summed E-state index contributed by atoms with van der Waals surface area (Å²) in [6.07, 6.45) is 0. The van der Waals surface area contributed by atoms with Crippen molar-refractivity contribution in [2.24, 2.45) is 0 Å². The molecule has 2 amide bonds. The number of piperazine rings is 1. The molecule has 1 fully saturated rings. The minimum atomic E-state index is -0.277. The first-order valence-corrected chi connectivity index (χ1v) is 13.5. The summed E-state index contributed by atoms with van der Waals surface area (Å²) in [6, 6.07) is 20.5. The lowest BCUT2D eigenvalue weighted by molar-refractivity contribution is -0.194. The van der Waals surface area contributed by atoms with Crippen molar-refractivity contribution in [2.45, 2.75) is 6.61 Å². The number of likely N-dealkylation sites (N-methyl/N-ethyl adjacent to an activating group) is 2. The van der Waals surface area contributed by atoms with Crippen molar-refractivity contribution in [1.82, 2.24) is 9.80 Å². The van der Waals surface area contributed by atoms with Crippen LogP contribution >= 0.6 is 0 Å². The predicted octanol–water partition coefficient (Wildman–Crippen LogP) is 3.52. The Morgan fingerprint density at radius 1 is 1.07 bits per heavy atom. The summed E-state index contributed by atoms with van der Waals surface area (Å²) in [4.78, 5) is 42.8. The molecule has 0 bridgehead atoms. The summed E-state index contributed by atoms with van der Waals surface area (Å²) < 4.78 is 0. The fraction of sp³-hybridized carbons (Fsp3) is 0.258. The first-order chi connectivity index (χ1) is 19.9. The van der Waals surface area contributed by atoms with Gasteiger partial charge in [-0.2, -0.15) is 10.1 Å². The maximum Gasteiger partial charge on any atom is 0.258 e. The van der Waals surface area contributed by atoms with Crippen LogP contribution in [-0.4, -0.2) is 68.4 Å². The van der Waals surface area contributed by atoms with Gasteiger partial charge in [0, 0.05) is 61.3 Å². The lowest BCUT2D eigenvalue weighted by Gasteiger charge is -2.32. The number of hydrogen-bond donors (Lipinski definition) is 2. The van der Waals surface area contributed by atoms with E-state index in [0.717, 1.165) is 48.7 Å². The summed E-state index contributed by atoms with van der Waals surface area (Å²) in [6.45, 7) is 4.42. The molecule has 3 heterocycles. The predicted molar refractivity (Wildman–Crippen MR) is 156 cm³/mol. The quantitative estimate of drug-likeness (QED) is 0.355. The molecule has 10 heteroatoms. The van der Waals surface area contributed by atoms with Gasteiger partial charge in [-0.15, -0.1) is 0 Å². The van der Waals surface area contributed by atoms with Crippen molar-refractivity contribution >= 4 is 40.1 Å². The number of amides is 2. The average Bonchev–Trinajstić information content (AvgIpc) is 3.59. The zero-order valence-corrected chi connectivity index (χ0v) is 22.9. The van der Waals surface area contributed by atoms with Gasteiger partial charge in [-0.1, -0.05) is 18.2 Å². The van der Waals surface area contributed by atoms with E-state index >= 15 is 0 Å². The third-order valence-electron chi connectivity index (χ3n) is 7.72. The van der Waals surface area contributed by atoms with Gasteiger partial charge in [0.15, 0.2) is 5.75 Å². The number of fused-ring (bicyclic) bond motifs is 2. The van der Waals surface area contributed by atoms with Crippen LogP contribution in [0.2, 0.25) is 0 Å². The molecule has 208 valence electrons. The average molecular weight is 551 g/mol. The van der Waals surface area contributed by atoms with Crippen LogP contribution in [0.15, 0.2) is 60.7 Å². The first-order valence-electron chi connectivity index (χ1n) is 13.5. The number of carbonyl (C=O) groups is 2. The van der Waals surface area contributed by atoms with Crippen molar-refractivity contribution in [2.75, 3.05) is 62.4 Å². The van der Waals surface area contributed by atoms with Gasteiger partial charge in [-0.3, -0.25) is 14.5 Å². The second-order valence-corrected chi connectivity index (χ2v) is 10.4. The van der Waals surface area contributed by atoms with Crippen LogP contribution in [-0.2, 0) is 21.1 Å². The normalized spacial score (nSPS) is 17.6. The highest BCUT2D eigenvalue weighted by molar-refractivity contribution is 6.37. The maximum absolute atomic E-state index is 13.3. The smallest absolute Gasteiger partial charge is 0.258 e. The molecule has 3 aliphatic rings. The zero-order valence-electron chi connectivity index (χ0n) is 22.9. The number of nitrogens with one attached hydrogen (secondary N) is 2. The molecule has 0 saturated carbocycles. The van der Waals surface area contributed by atoms with Crippen LogP contribution in [0.5, 0.6) is 5.75 Å². The van der Waals surface area contributed by atoms with Gasteiger partial charge in [0.1, 0.15) is 6.61 Å². The van der Waals surface area contributed by atoms with Gasteiger partial charge in [-0.05, 0) is 49.5 Å². The topological polar surface area (TPSA) is 110 Å². The van der Waals surface area contributed by atoms with Crippen molar-refractivity contribution in [1.29, 1.82) is 5.26 Å². The Hall–Kier alpha value is -4.69. The van der Waals surface area contributed by atoms with E-state index in [1.807, 2.05) is 42.5 Å². The Morgan fingerprint density at radius 3 is 2.61 bits per heavy atom. The van der Waals surface area contributed by atoms with E-state index in [4.69, 9.17) is 9.78 Å². The molecule has 6 rings (SSSR count). The Kier molecular flexibility index (Phi) is 7.15. The Morgan fingerprint density at radius 2 is 1.85 bits per heavy atom. The first kappa shape index (κ1) is 26.5. The van der Waals surface area contributed by atoms with Crippen LogP contribution in [0.1, 0.15) is 22.3 Å². The van der Waals surface area contributed by atoms with E-state index in [2.05, 4.69) is 33.6 Å². The number of carbonyl (C=O) groups excluding carboxylic acids is 2. The third-order valence-corrected chi connectivity index (χ3v) is 7.72. The number of nitrogens with zero attached hydrogens (tertiary/aromatic N) is 4. The van der Waals surface area contributed by atoms with Crippen molar-refractivity contribution < 1.29 is 19.4 Å². The number of benzene rings is 3. The molecule has 0 spiro atoms. The van der Waals surface area contributed by atoms with Crippen molar-refractivity contribution in [3.8, 4) is 11.8 Å². The highest BCUT2D eigenvalue weighted by Crippen LogP contribution is 2.39. The van der Waals surface area contributed by atoms with E-state index in [0.29, 0.717) is 47.0 Å². The van der Waals surface area contributed by atoms with Crippen LogP contribution < -0.4 is 20.4 Å². The van der Waals surface area contributed by atoms with Gasteiger partial charge in [0.05, 0.1) is 35.1 Å². The van der Waals surface area contributed by atoms with E-state index in [-0.39, 0.29) is 11.8 Å². The molecule has 10 nitrogen and oxygen atoms in total. The van der Waals surface area contributed by atoms with Gasteiger partial charge < -0.3 is 25.3 Å². The Labute approximate surface area is 238 Å². The number of nitriles is 1. The van der Waals surface area contributed by atoms with Crippen LogP contribution in [0.3, 0.4) is 0 Å². The second-order valence-electron chi connectivity index (χ2n) is 10.4. The fourth-order valence-corrected chi connectivity index (χ4v) is 5.19.